The molecular formula is C13H19NO2. The molecular weight excluding hydrogens is 202 g/mol. The zero-order chi connectivity index (χ0) is 11.2. The number of hydrogen-bond acceptors (Lipinski definition) is 3. The number of methoxy groups -OCH3 is 1. The van der Waals surface area contributed by atoms with Crippen LogP contribution in [0, 0.1) is 0 Å². The van der Waals surface area contributed by atoms with Gasteiger partial charge in [-0.15, -0.1) is 0 Å². The van der Waals surface area contributed by atoms with Crippen molar-refractivity contribution in [2.75, 3.05) is 20.3 Å². The van der Waals surface area contributed by atoms with E-state index in [0.29, 0.717) is 6.04 Å². The minimum atomic E-state index is 0.500. The van der Waals surface area contributed by atoms with E-state index in [-0.39, 0.29) is 0 Å². The minimum absolute atomic E-state index is 0.500. The zero-order valence-electron chi connectivity index (χ0n) is 9.74. The predicted octanol–water partition coefficient (Wildman–Crippen LogP) is 2.22. The smallest absolute Gasteiger partial charge is 0.123 e. The predicted molar refractivity (Wildman–Crippen MR) is 64.1 cm³/mol. The van der Waals surface area contributed by atoms with Gasteiger partial charge in [-0.2, -0.15) is 0 Å². The normalized spacial score (nSPS) is 20.4. The van der Waals surface area contributed by atoms with Gasteiger partial charge in [-0.1, -0.05) is 12.5 Å². The molecule has 1 heterocycles. The molecule has 1 aromatic carbocycles. The number of benzene rings is 1. The van der Waals surface area contributed by atoms with Crippen LogP contribution in [0.25, 0.3) is 0 Å². The van der Waals surface area contributed by atoms with Gasteiger partial charge in [0.05, 0.1) is 7.11 Å². The third-order valence-corrected chi connectivity index (χ3v) is 2.90. The second kappa shape index (κ2) is 5.75. The first-order valence-electron chi connectivity index (χ1n) is 5.89. The monoisotopic (exact) mass is 221 g/mol. The fraction of sp³-hybridized carbons (Fsp3) is 0.538. The molecule has 1 aliphatic rings. The first-order chi connectivity index (χ1) is 7.88. The fourth-order valence-electron chi connectivity index (χ4n) is 1.95. The van der Waals surface area contributed by atoms with Crippen molar-refractivity contribution in [1.82, 2.24) is 5.32 Å². The summed E-state index contributed by atoms with van der Waals surface area (Å²) < 4.78 is 10.9. The number of rotatable bonds is 4. The van der Waals surface area contributed by atoms with Crippen LogP contribution >= 0.6 is 0 Å². The average Bonchev–Trinajstić information content (AvgIpc) is 2.38. The van der Waals surface area contributed by atoms with Gasteiger partial charge >= 0.3 is 0 Å². The maximum absolute atomic E-state index is 5.75. The topological polar surface area (TPSA) is 30.5 Å². The lowest BCUT2D eigenvalue weighted by molar-refractivity contribution is 0.238. The molecule has 1 N–H and O–H groups in total. The van der Waals surface area contributed by atoms with Gasteiger partial charge < -0.3 is 14.8 Å². The van der Waals surface area contributed by atoms with Gasteiger partial charge in [-0.3, -0.25) is 0 Å². The standard InChI is InChI=1S/C13H19NO2/c1-15-12-6-4-7-13(9-12)16-10-11-5-2-3-8-14-11/h4,6-7,9,11,14H,2-3,5,8,10H2,1H3/t11-/m0/s1. The van der Waals surface area contributed by atoms with E-state index >= 15 is 0 Å². The highest BCUT2D eigenvalue weighted by molar-refractivity contribution is 5.32. The maximum atomic E-state index is 5.75. The lowest BCUT2D eigenvalue weighted by Gasteiger charge is -2.23. The lowest BCUT2D eigenvalue weighted by atomic mass is 10.1. The second-order valence-corrected chi connectivity index (χ2v) is 4.14. The van der Waals surface area contributed by atoms with E-state index in [9.17, 15) is 0 Å². The Kier molecular flexibility index (Phi) is 4.05. The van der Waals surface area contributed by atoms with Crippen LogP contribution in [0.15, 0.2) is 24.3 Å². The van der Waals surface area contributed by atoms with Crippen LogP contribution in [0.5, 0.6) is 11.5 Å². The number of hydrogen-bond donors (Lipinski definition) is 1. The van der Waals surface area contributed by atoms with Gasteiger partial charge in [0, 0.05) is 12.1 Å². The van der Waals surface area contributed by atoms with E-state index in [2.05, 4.69) is 5.32 Å². The molecule has 3 nitrogen and oxygen atoms in total. The van der Waals surface area contributed by atoms with Crippen molar-refractivity contribution in [2.45, 2.75) is 25.3 Å². The summed E-state index contributed by atoms with van der Waals surface area (Å²) in [6, 6.07) is 8.25. The van der Waals surface area contributed by atoms with Crippen molar-refractivity contribution in [3.63, 3.8) is 0 Å². The van der Waals surface area contributed by atoms with Crippen LogP contribution in [0.3, 0.4) is 0 Å². The molecule has 0 aliphatic carbocycles. The van der Waals surface area contributed by atoms with Crippen LogP contribution in [-0.4, -0.2) is 26.3 Å². The third-order valence-electron chi connectivity index (χ3n) is 2.90. The Labute approximate surface area is 96.8 Å². The maximum Gasteiger partial charge on any atom is 0.123 e. The first kappa shape index (κ1) is 11.3. The molecule has 1 aliphatic heterocycles. The second-order valence-electron chi connectivity index (χ2n) is 4.14. The summed E-state index contributed by atoms with van der Waals surface area (Å²) in [5.74, 6) is 1.72. The minimum Gasteiger partial charge on any atom is -0.497 e. The highest BCUT2D eigenvalue weighted by Gasteiger charge is 2.12. The summed E-state index contributed by atoms with van der Waals surface area (Å²) in [7, 11) is 1.67. The van der Waals surface area contributed by atoms with E-state index in [1.54, 1.807) is 7.11 Å². The summed E-state index contributed by atoms with van der Waals surface area (Å²) in [4.78, 5) is 0. The highest BCUT2D eigenvalue weighted by atomic mass is 16.5. The summed E-state index contributed by atoms with van der Waals surface area (Å²) in [5, 5.41) is 3.46. The molecule has 88 valence electrons. The molecule has 0 spiro atoms. The Morgan fingerprint density at radius 1 is 1.31 bits per heavy atom. The van der Waals surface area contributed by atoms with Crippen LogP contribution in [0.2, 0.25) is 0 Å². The Balaban J connectivity index is 1.83. The van der Waals surface area contributed by atoms with Crippen LogP contribution in [0.1, 0.15) is 19.3 Å². The van der Waals surface area contributed by atoms with Gasteiger partial charge in [-0.05, 0) is 31.5 Å². The molecule has 0 aromatic heterocycles. The van der Waals surface area contributed by atoms with E-state index in [1.807, 2.05) is 24.3 Å². The fourth-order valence-corrected chi connectivity index (χ4v) is 1.95. The van der Waals surface area contributed by atoms with Crippen molar-refractivity contribution in [2.24, 2.45) is 0 Å². The van der Waals surface area contributed by atoms with Gasteiger partial charge in [0.25, 0.3) is 0 Å². The van der Waals surface area contributed by atoms with Crippen LogP contribution in [-0.2, 0) is 0 Å². The summed E-state index contributed by atoms with van der Waals surface area (Å²) in [5.41, 5.74) is 0. The van der Waals surface area contributed by atoms with Crippen molar-refractivity contribution in [3.8, 4) is 11.5 Å². The Hall–Kier alpha value is -1.22. The van der Waals surface area contributed by atoms with Gasteiger partial charge in [0.15, 0.2) is 0 Å². The Bertz CT molecular complexity index is 321. The highest BCUT2D eigenvalue weighted by Crippen LogP contribution is 2.19. The van der Waals surface area contributed by atoms with Gasteiger partial charge in [-0.25, -0.2) is 0 Å². The van der Waals surface area contributed by atoms with Gasteiger partial charge in [0.1, 0.15) is 18.1 Å². The molecule has 0 saturated carbocycles. The molecule has 0 unspecified atom stereocenters. The van der Waals surface area contributed by atoms with Crippen molar-refractivity contribution >= 4 is 0 Å². The number of nitrogens with one attached hydrogen (secondary N) is 1. The molecule has 1 fully saturated rings. The van der Waals surface area contributed by atoms with Crippen molar-refractivity contribution in [3.05, 3.63) is 24.3 Å². The summed E-state index contributed by atoms with van der Waals surface area (Å²) in [6.07, 6.45) is 3.80. The first-order valence-corrected chi connectivity index (χ1v) is 5.89. The SMILES string of the molecule is COc1cccc(OC[C@@H]2CCCCN2)c1. The molecule has 0 amide bonds. The Morgan fingerprint density at radius 2 is 2.19 bits per heavy atom. The van der Waals surface area contributed by atoms with Gasteiger partial charge in [0.2, 0.25) is 0 Å². The molecule has 2 rings (SSSR count). The van der Waals surface area contributed by atoms with E-state index < -0.39 is 0 Å². The molecule has 1 atom stereocenters. The summed E-state index contributed by atoms with van der Waals surface area (Å²) in [6.45, 7) is 1.86. The molecule has 3 heteroatoms. The Morgan fingerprint density at radius 3 is 2.94 bits per heavy atom. The molecule has 0 radical (unpaired) electrons. The van der Waals surface area contributed by atoms with E-state index in [0.717, 1.165) is 24.7 Å². The quantitative estimate of drug-likeness (QED) is 0.845. The lowest BCUT2D eigenvalue weighted by Crippen LogP contribution is -2.38. The molecule has 1 aromatic rings. The summed E-state index contributed by atoms with van der Waals surface area (Å²) >= 11 is 0. The average molecular weight is 221 g/mol. The molecule has 16 heavy (non-hydrogen) atoms. The molecule has 1 saturated heterocycles. The van der Waals surface area contributed by atoms with Crippen molar-refractivity contribution in [1.29, 1.82) is 0 Å². The zero-order valence-corrected chi connectivity index (χ0v) is 9.74. The van der Waals surface area contributed by atoms with Crippen LogP contribution < -0.4 is 14.8 Å². The molecule has 0 bridgehead atoms. The van der Waals surface area contributed by atoms with Crippen molar-refractivity contribution < 1.29 is 9.47 Å². The number of ether oxygens (including phenoxy) is 2. The van der Waals surface area contributed by atoms with E-state index in [1.165, 1.54) is 19.3 Å². The largest absolute Gasteiger partial charge is 0.497 e. The third kappa shape index (κ3) is 3.14. The number of piperidine rings is 1. The van der Waals surface area contributed by atoms with Crippen LogP contribution in [0.4, 0.5) is 0 Å². The van der Waals surface area contributed by atoms with E-state index in [4.69, 9.17) is 9.47 Å².